The maximum Gasteiger partial charge on any atom is 0.494 e. The van der Waals surface area contributed by atoms with Crippen LogP contribution < -0.4 is 0 Å². The molecule has 0 aromatic rings. The lowest BCUT2D eigenvalue weighted by Gasteiger charge is -2.32. The van der Waals surface area contributed by atoms with Crippen molar-refractivity contribution in [2.45, 2.75) is 59.2 Å². The Morgan fingerprint density at radius 1 is 1.18 bits per heavy atom. The topological polar surface area (TPSA) is 18.5 Å². The molecule has 0 amide bonds. The van der Waals surface area contributed by atoms with Crippen molar-refractivity contribution in [3.63, 3.8) is 0 Å². The Balaban J connectivity index is 2.27. The third-order valence-corrected chi connectivity index (χ3v) is 4.49. The Kier molecular flexibility index (Phi) is 3.03. The van der Waals surface area contributed by atoms with E-state index in [2.05, 4.69) is 53.7 Å². The van der Waals surface area contributed by atoms with Gasteiger partial charge in [0, 0.05) is 0 Å². The van der Waals surface area contributed by atoms with Crippen LogP contribution in [-0.2, 0) is 9.31 Å². The van der Waals surface area contributed by atoms with Crippen molar-refractivity contribution < 1.29 is 9.31 Å². The first-order chi connectivity index (χ1) is 7.74. The van der Waals surface area contributed by atoms with Gasteiger partial charge in [-0.25, -0.2) is 0 Å². The summed E-state index contributed by atoms with van der Waals surface area (Å²) in [5.74, 6) is 0.592. The van der Waals surface area contributed by atoms with Crippen LogP contribution in [0.15, 0.2) is 23.2 Å². The van der Waals surface area contributed by atoms with Gasteiger partial charge in [-0.3, -0.25) is 0 Å². The van der Waals surface area contributed by atoms with E-state index in [1.54, 1.807) is 0 Å². The van der Waals surface area contributed by atoms with Crippen molar-refractivity contribution in [3.8, 4) is 0 Å². The monoisotopic (exact) mass is 234 g/mol. The number of rotatable bonds is 1. The molecule has 0 bridgehead atoms. The molecule has 0 N–H and O–H groups in total. The van der Waals surface area contributed by atoms with Gasteiger partial charge in [-0.05, 0) is 52.4 Å². The van der Waals surface area contributed by atoms with Crippen molar-refractivity contribution in [3.05, 3.63) is 23.2 Å². The van der Waals surface area contributed by atoms with Gasteiger partial charge in [0.1, 0.15) is 0 Å². The summed E-state index contributed by atoms with van der Waals surface area (Å²) in [7, 11) is -0.209. The fraction of sp³-hybridized carbons (Fsp3) is 0.714. The summed E-state index contributed by atoms with van der Waals surface area (Å²) < 4.78 is 12.2. The average Bonchev–Trinajstić information content (AvgIpc) is 2.40. The van der Waals surface area contributed by atoms with Crippen molar-refractivity contribution in [2.75, 3.05) is 0 Å². The summed E-state index contributed by atoms with van der Waals surface area (Å²) in [6.45, 7) is 12.8. The van der Waals surface area contributed by atoms with E-state index in [0.717, 1.165) is 6.42 Å². The number of hydrogen-bond donors (Lipinski definition) is 0. The second kappa shape index (κ2) is 3.99. The Bertz CT molecular complexity index is 364. The molecule has 0 spiro atoms. The lowest BCUT2D eigenvalue weighted by molar-refractivity contribution is 0.00578. The molecule has 1 fully saturated rings. The van der Waals surface area contributed by atoms with E-state index >= 15 is 0 Å². The molecule has 0 radical (unpaired) electrons. The molecule has 2 nitrogen and oxygen atoms in total. The third-order valence-electron chi connectivity index (χ3n) is 4.49. The van der Waals surface area contributed by atoms with E-state index in [-0.39, 0.29) is 18.3 Å². The zero-order valence-corrected chi connectivity index (χ0v) is 11.8. The van der Waals surface area contributed by atoms with Crippen LogP contribution in [0.5, 0.6) is 0 Å². The fourth-order valence-electron chi connectivity index (χ4n) is 2.23. The van der Waals surface area contributed by atoms with Crippen LogP contribution in [-0.4, -0.2) is 18.3 Å². The molecule has 17 heavy (non-hydrogen) atoms. The van der Waals surface area contributed by atoms with Gasteiger partial charge in [-0.15, -0.1) is 0 Å². The molecule has 3 heteroatoms. The van der Waals surface area contributed by atoms with Crippen LogP contribution >= 0.6 is 0 Å². The molecule has 1 aliphatic carbocycles. The van der Waals surface area contributed by atoms with E-state index in [1.807, 2.05) is 0 Å². The molecule has 94 valence electrons. The zero-order valence-electron chi connectivity index (χ0n) is 11.8. The van der Waals surface area contributed by atoms with Crippen LogP contribution in [0, 0.1) is 5.92 Å². The van der Waals surface area contributed by atoms with E-state index in [0.29, 0.717) is 5.92 Å². The maximum absolute atomic E-state index is 6.09. The van der Waals surface area contributed by atoms with Gasteiger partial charge in [0.15, 0.2) is 0 Å². The van der Waals surface area contributed by atoms with Crippen molar-refractivity contribution in [1.29, 1.82) is 0 Å². The van der Waals surface area contributed by atoms with Crippen LogP contribution in [0.2, 0.25) is 0 Å². The molecule has 2 aliphatic rings. The first kappa shape index (κ1) is 12.9. The molecule has 0 aromatic heterocycles. The van der Waals surface area contributed by atoms with Crippen molar-refractivity contribution >= 4 is 7.12 Å². The summed E-state index contributed by atoms with van der Waals surface area (Å²) in [4.78, 5) is 0. The van der Waals surface area contributed by atoms with Gasteiger partial charge in [0.25, 0.3) is 0 Å². The maximum atomic E-state index is 6.09. The van der Waals surface area contributed by atoms with Gasteiger partial charge in [-0.1, -0.05) is 24.6 Å². The van der Waals surface area contributed by atoms with Gasteiger partial charge in [0.2, 0.25) is 0 Å². The Morgan fingerprint density at radius 3 is 2.24 bits per heavy atom. The zero-order chi connectivity index (χ0) is 12.8. The summed E-state index contributed by atoms with van der Waals surface area (Å²) >= 11 is 0. The van der Waals surface area contributed by atoms with Gasteiger partial charge in [0.05, 0.1) is 11.2 Å². The highest BCUT2D eigenvalue weighted by Crippen LogP contribution is 2.40. The SMILES string of the molecule is CC1=C(B2OC(C)(C)C(C)(C)O2)C=CCC1C. The highest BCUT2D eigenvalue weighted by Gasteiger charge is 2.52. The highest BCUT2D eigenvalue weighted by atomic mass is 16.7. The molecule has 2 rings (SSSR count). The van der Waals surface area contributed by atoms with Gasteiger partial charge < -0.3 is 9.31 Å². The highest BCUT2D eigenvalue weighted by molar-refractivity contribution is 6.56. The molecule has 1 heterocycles. The largest absolute Gasteiger partial charge is 0.494 e. The lowest BCUT2D eigenvalue weighted by atomic mass is 9.70. The van der Waals surface area contributed by atoms with Crippen LogP contribution in [0.4, 0.5) is 0 Å². The van der Waals surface area contributed by atoms with E-state index in [9.17, 15) is 0 Å². The van der Waals surface area contributed by atoms with E-state index < -0.39 is 0 Å². The second-order valence-corrected chi connectivity index (χ2v) is 6.27. The number of hydrogen-bond acceptors (Lipinski definition) is 2. The molecule has 1 unspecified atom stereocenters. The summed E-state index contributed by atoms with van der Waals surface area (Å²) in [5.41, 5.74) is 2.10. The standard InChI is InChI=1S/C14H23BO2/c1-10-8-7-9-12(11(10)2)15-16-13(3,4)14(5,6)17-15/h7,9-10H,8H2,1-6H3. The molecule has 0 aromatic carbocycles. The minimum atomic E-state index is -0.251. The average molecular weight is 234 g/mol. The fourth-order valence-corrected chi connectivity index (χ4v) is 2.23. The van der Waals surface area contributed by atoms with Crippen molar-refractivity contribution in [2.24, 2.45) is 5.92 Å². The Hall–Kier alpha value is -0.535. The van der Waals surface area contributed by atoms with Crippen molar-refractivity contribution in [1.82, 2.24) is 0 Å². The smallest absolute Gasteiger partial charge is 0.399 e. The molecular weight excluding hydrogens is 211 g/mol. The molecular formula is C14H23BO2. The van der Waals surface area contributed by atoms with Gasteiger partial charge in [-0.2, -0.15) is 0 Å². The van der Waals surface area contributed by atoms with Gasteiger partial charge >= 0.3 is 7.12 Å². The first-order valence-electron chi connectivity index (χ1n) is 6.47. The quantitative estimate of drug-likeness (QED) is 0.646. The molecule has 1 aliphatic heterocycles. The first-order valence-corrected chi connectivity index (χ1v) is 6.47. The van der Waals surface area contributed by atoms with Crippen LogP contribution in [0.3, 0.4) is 0 Å². The lowest BCUT2D eigenvalue weighted by Crippen LogP contribution is -2.41. The summed E-state index contributed by atoms with van der Waals surface area (Å²) in [5, 5.41) is 0. The summed E-state index contributed by atoms with van der Waals surface area (Å²) in [6, 6.07) is 0. The molecule has 0 saturated carbocycles. The van der Waals surface area contributed by atoms with E-state index in [1.165, 1.54) is 11.0 Å². The molecule has 1 atom stereocenters. The predicted octanol–water partition coefficient (Wildman–Crippen LogP) is 3.53. The third kappa shape index (κ3) is 2.11. The predicted molar refractivity (Wildman–Crippen MR) is 71.7 cm³/mol. The minimum absolute atomic E-state index is 0.209. The minimum Gasteiger partial charge on any atom is -0.399 e. The Morgan fingerprint density at radius 2 is 1.71 bits per heavy atom. The van der Waals surface area contributed by atoms with E-state index in [4.69, 9.17) is 9.31 Å². The Labute approximate surface area is 105 Å². The molecule has 1 saturated heterocycles. The van der Waals surface area contributed by atoms with Crippen LogP contribution in [0.1, 0.15) is 48.0 Å². The second-order valence-electron chi connectivity index (χ2n) is 6.27. The normalized spacial score (nSPS) is 31.2. The van der Waals surface area contributed by atoms with Crippen LogP contribution in [0.25, 0.3) is 0 Å². The number of allylic oxidation sites excluding steroid dienone is 4. The summed E-state index contributed by atoms with van der Waals surface area (Å²) in [6.07, 6.45) is 5.50.